The Morgan fingerprint density at radius 2 is 1.86 bits per heavy atom. The Hall–Kier alpha value is -1.24. The summed E-state index contributed by atoms with van der Waals surface area (Å²) in [7, 11) is 0. The number of rotatable bonds is 7. The molecule has 0 bridgehead atoms. The lowest BCUT2D eigenvalue weighted by Crippen LogP contribution is -2.51. The van der Waals surface area contributed by atoms with Crippen LogP contribution in [-0.2, 0) is 19.1 Å². The van der Waals surface area contributed by atoms with Gasteiger partial charge in [0, 0.05) is 12.2 Å². The molecule has 1 saturated heterocycles. The molecule has 0 radical (unpaired) electrons. The normalized spacial score (nSPS) is 19.5. The first-order chi connectivity index (χ1) is 13.3. The minimum Gasteiger partial charge on any atom is -0.461 e. The molecule has 1 aliphatic rings. The second-order valence-corrected chi connectivity index (χ2v) is 10.2. The molecule has 2 amide bonds. The molecule has 1 rings (SSSR count). The quantitative estimate of drug-likeness (QED) is 0.349. The molecule has 0 aliphatic carbocycles. The highest BCUT2D eigenvalue weighted by atomic mass is 35.6. The number of hydrogen-bond donors (Lipinski definition) is 1. The summed E-state index contributed by atoms with van der Waals surface area (Å²) in [5, 5.41) is 2.75. The van der Waals surface area contributed by atoms with Crippen molar-refractivity contribution in [2.24, 2.45) is 17.8 Å². The van der Waals surface area contributed by atoms with Gasteiger partial charge >= 0.3 is 5.97 Å². The Labute approximate surface area is 187 Å². The van der Waals surface area contributed by atoms with Gasteiger partial charge in [0.2, 0.25) is 15.6 Å². The van der Waals surface area contributed by atoms with Gasteiger partial charge in [-0.1, -0.05) is 67.4 Å². The number of piperidine rings is 1. The largest absolute Gasteiger partial charge is 0.461 e. The van der Waals surface area contributed by atoms with Crippen molar-refractivity contribution in [1.29, 1.82) is 0 Å². The number of likely N-dealkylation sites (tertiary alicyclic amines) is 1. The molecule has 0 aromatic rings. The smallest absolute Gasteiger partial charge is 0.315 e. The summed E-state index contributed by atoms with van der Waals surface area (Å²) < 4.78 is 3.33. The number of ether oxygens (including phenoxy) is 1. The lowest BCUT2D eigenvalue weighted by molar-refractivity contribution is -0.149. The molecule has 6 nitrogen and oxygen atoms in total. The predicted molar refractivity (Wildman–Crippen MR) is 116 cm³/mol. The molecule has 0 aromatic carbocycles. The van der Waals surface area contributed by atoms with Crippen LogP contribution in [-0.4, -0.2) is 45.7 Å². The summed E-state index contributed by atoms with van der Waals surface area (Å²) in [5.74, 6) is -2.24. The van der Waals surface area contributed by atoms with Crippen LogP contribution >= 0.6 is 34.8 Å². The Morgan fingerprint density at radius 3 is 2.34 bits per heavy atom. The fourth-order valence-corrected chi connectivity index (χ4v) is 3.57. The Kier molecular flexibility index (Phi) is 9.51. The van der Waals surface area contributed by atoms with Gasteiger partial charge in [0.15, 0.2) is 0 Å². The van der Waals surface area contributed by atoms with Crippen molar-refractivity contribution in [1.82, 2.24) is 10.2 Å². The first-order valence-electron chi connectivity index (χ1n) is 9.45. The van der Waals surface area contributed by atoms with Crippen LogP contribution in [0.4, 0.5) is 0 Å². The lowest BCUT2D eigenvalue weighted by Gasteiger charge is -2.36. The van der Waals surface area contributed by atoms with Crippen molar-refractivity contribution in [2.75, 3.05) is 13.2 Å². The van der Waals surface area contributed by atoms with Gasteiger partial charge in [-0.3, -0.25) is 14.4 Å². The standard InChI is InChI=1S/C20H29Cl3N2O4/c1-11(2)16(12(3)4)17(26)24-13(5)18(27)25-9-7-8-15(14(25)6)19(28)29-10-20(21,22)23/h12-13,15-16H,1,6-10H2,2-5H3,(H,24,26). The van der Waals surface area contributed by atoms with E-state index >= 15 is 0 Å². The fraction of sp³-hybridized carbons (Fsp3) is 0.650. The van der Waals surface area contributed by atoms with E-state index in [0.717, 1.165) is 5.57 Å². The minimum absolute atomic E-state index is 0.0526. The van der Waals surface area contributed by atoms with E-state index in [1.165, 1.54) is 4.90 Å². The van der Waals surface area contributed by atoms with Gasteiger partial charge in [-0.15, -0.1) is 0 Å². The van der Waals surface area contributed by atoms with E-state index in [2.05, 4.69) is 18.5 Å². The molecule has 1 heterocycles. The number of alkyl halides is 3. The Balaban J connectivity index is 2.80. The van der Waals surface area contributed by atoms with Gasteiger partial charge in [0.25, 0.3) is 0 Å². The number of halogens is 3. The number of esters is 1. The van der Waals surface area contributed by atoms with Gasteiger partial charge < -0.3 is 15.0 Å². The number of nitrogens with one attached hydrogen (secondary N) is 1. The van der Waals surface area contributed by atoms with Crippen LogP contribution in [0, 0.1) is 17.8 Å². The molecule has 1 fully saturated rings. The summed E-state index contributed by atoms with van der Waals surface area (Å²) in [6.45, 7) is 15.0. The van der Waals surface area contributed by atoms with Crippen molar-refractivity contribution in [3.8, 4) is 0 Å². The van der Waals surface area contributed by atoms with Gasteiger partial charge in [-0.25, -0.2) is 0 Å². The maximum absolute atomic E-state index is 12.9. The third-order valence-corrected chi connectivity index (χ3v) is 5.09. The SMILES string of the molecule is C=C(C)C(C(=O)NC(C)C(=O)N1CCCC(C(=O)OCC(Cl)(Cl)Cl)C1=C)C(C)C. The second-order valence-electron chi connectivity index (χ2n) is 7.70. The lowest BCUT2D eigenvalue weighted by atomic mass is 9.89. The Morgan fingerprint density at radius 1 is 1.28 bits per heavy atom. The number of hydrogen-bond acceptors (Lipinski definition) is 4. The second kappa shape index (κ2) is 10.7. The van der Waals surface area contributed by atoms with E-state index < -0.39 is 28.3 Å². The number of carbonyl (C=O) groups excluding carboxylic acids is 3. The number of amides is 2. The molecule has 1 N–H and O–H groups in total. The molecule has 1 aliphatic heterocycles. The van der Waals surface area contributed by atoms with Crippen molar-refractivity contribution in [3.05, 3.63) is 24.4 Å². The van der Waals surface area contributed by atoms with Crippen molar-refractivity contribution >= 4 is 52.6 Å². The minimum atomic E-state index is -1.71. The summed E-state index contributed by atoms with van der Waals surface area (Å²) in [6.07, 6.45) is 1.06. The molecule has 9 heteroatoms. The van der Waals surface area contributed by atoms with Gasteiger partial charge in [-0.2, -0.15) is 0 Å². The highest BCUT2D eigenvalue weighted by Crippen LogP contribution is 2.30. The maximum Gasteiger partial charge on any atom is 0.315 e. The van der Waals surface area contributed by atoms with Crippen LogP contribution in [0.1, 0.15) is 40.5 Å². The van der Waals surface area contributed by atoms with Crippen molar-refractivity contribution < 1.29 is 19.1 Å². The average molecular weight is 468 g/mol. The third kappa shape index (κ3) is 7.50. The first-order valence-corrected chi connectivity index (χ1v) is 10.6. The van der Waals surface area contributed by atoms with Gasteiger partial charge in [0.1, 0.15) is 12.6 Å². The van der Waals surface area contributed by atoms with Crippen LogP contribution in [0.2, 0.25) is 0 Å². The fourth-order valence-electron chi connectivity index (χ4n) is 3.41. The monoisotopic (exact) mass is 466 g/mol. The van der Waals surface area contributed by atoms with Crippen LogP contribution in [0.5, 0.6) is 0 Å². The molecule has 164 valence electrons. The number of carbonyl (C=O) groups is 3. The molecule has 3 unspecified atom stereocenters. The van der Waals surface area contributed by atoms with Gasteiger partial charge in [-0.05, 0) is 32.6 Å². The number of nitrogens with zero attached hydrogens (tertiary/aromatic N) is 1. The zero-order valence-electron chi connectivity index (χ0n) is 17.3. The van der Waals surface area contributed by atoms with E-state index in [1.807, 2.05) is 13.8 Å². The highest BCUT2D eigenvalue weighted by molar-refractivity contribution is 6.67. The first kappa shape index (κ1) is 25.8. The maximum atomic E-state index is 12.9. The van der Waals surface area contributed by atoms with Crippen LogP contribution < -0.4 is 5.32 Å². The summed E-state index contributed by atoms with van der Waals surface area (Å²) in [6, 6.07) is -0.782. The molecular weight excluding hydrogens is 439 g/mol. The molecule has 29 heavy (non-hydrogen) atoms. The Bertz CT molecular complexity index is 673. The van der Waals surface area contributed by atoms with Crippen molar-refractivity contribution in [2.45, 2.75) is 50.4 Å². The zero-order valence-corrected chi connectivity index (χ0v) is 19.5. The summed E-state index contributed by atoms with van der Waals surface area (Å²) in [4.78, 5) is 39.2. The van der Waals surface area contributed by atoms with E-state index in [-0.39, 0.29) is 23.7 Å². The van der Waals surface area contributed by atoms with Crippen LogP contribution in [0.15, 0.2) is 24.4 Å². The van der Waals surface area contributed by atoms with E-state index in [9.17, 15) is 14.4 Å². The van der Waals surface area contributed by atoms with Crippen LogP contribution in [0.25, 0.3) is 0 Å². The van der Waals surface area contributed by atoms with Crippen molar-refractivity contribution in [3.63, 3.8) is 0 Å². The molecule has 0 aromatic heterocycles. The van der Waals surface area contributed by atoms with E-state index in [1.54, 1.807) is 13.8 Å². The molecular formula is C20H29Cl3N2O4. The van der Waals surface area contributed by atoms with E-state index in [0.29, 0.717) is 25.1 Å². The topological polar surface area (TPSA) is 75.7 Å². The van der Waals surface area contributed by atoms with E-state index in [4.69, 9.17) is 39.5 Å². The molecule has 0 spiro atoms. The average Bonchev–Trinajstić information content (AvgIpc) is 2.57. The van der Waals surface area contributed by atoms with Gasteiger partial charge in [0.05, 0.1) is 11.8 Å². The predicted octanol–water partition coefficient (Wildman–Crippen LogP) is 4.01. The summed E-state index contributed by atoms with van der Waals surface area (Å²) >= 11 is 16.8. The zero-order chi connectivity index (χ0) is 22.5. The molecule has 0 saturated carbocycles. The van der Waals surface area contributed by atoms with Crippen LogP contribution in [0.3, 0.4) is 0 Å². The third-order valence-electron chi connectivity index (χ3n) is 4.76. The summed E-state index contributed by atoms with van der Waals surface area (Å²) in [5.41, 5.74) is 1.05. The highest BCUT2D eigenvalue weighted by Gasteiger charge is 2.36. The molecule has 3 atom stereocenters.